The van der Waals surface area contributed by atoms with Gasteiger partial charge in [-0.2, -0.15) is 0 Å². The molecule has 0 bridgehead atoms. The lowest BCUT2D eigenvalue weighted by molar-refractivity contribution is -0.140. The fourth-order valence-electron chi connectivity index (χ4n) is 7.98. The van der Waals surface area contributed by atoms with Gasteiger partial charge in [-0.15, -0.1) is 0 Å². The minimum absolute atomic E-state index is 0. The van der Waals surface area contributed by atoms with Gasteiger partial charge in [-0.3, -0.25) is 9.59 Å². The van der Waals surface area contributed by atoms with E-state index < -0.39 is 0 Å². The van der Waals surface area contributed by atoms with E-state index in [0.717, 1.165) is 58.3 Å². The van der Waals surface area contributed by atoms with E-state index in [4.69, 9.17) is 20.9 Å². The van der Waals surface area contributed by atoms with Crippen molar-refractivity contribution in [3.8, 4) is 0 Å². The zero-order valence-corrected chi connectivity index (χ0v) is 30.1. The predicted octanol–water partition coefficient (Wildman–Crippen LogP) is 8.47. The monoisotopic (exact) mass is 652 g/mol. The van der Waals surface area contributed by atoms with Crippen LogP contribution in [0.4, 0.5) is 22.7 Å². The Kier molecular flexibility index (Phi) is 14.0. The molecule has 0 radical (unpaired) electrons. The average molecular weight is 653 g/mol. The number of nitrogens with one attached hydrogen (secondary N) is 2. The lowest BCUT2D eigenvalue weighted by Gasteiger charge is -2.40. The molecule has 2 aromatic carbocycles. The third kappa shape index (κ3) is 12.0. The Morgan fingerprint density at radius 1 is 0.702 bits per heavy atom. The highest BCUT2D eigenvalue weighted by molar-refractivity contribution is 5.77. The van der Waals surface area contributed by atoms with E-state index in [1.165, 1.54) is 39.9 Å². The maximum Gasteiger partial charge on any atom is 0.309 e. The Morgan fingerprint density at radius 2 is 1.04 bits per heavy atom. The molecule has 4 rings (SSSR count). The molecule has 0 aromatic heterocycles. The highest BCUT2D eigenvalue weighted by atomic mass is 16.5. The van der Waals surface area contributed by atoms with E-state index in [1.54, 1.807) is 0 Å². The van der Waals surface area contributed by atoms with Crippen LogP contribution in [-0.2, 0) is 31.9 Å². The molecule has 0 unspecified atom stereocenters. The predicted molar refractivity (Wildman–Crippen MR) is 198 cm³/mol. The summed E-state index contributed by atoms with van der Waals surface area (Å²) in [7, 11) is 2.81. The average Bonchev–Trinajstić information content (AvgIpc) is 2.92. The van der Waals surface area contributed by atoms with Crippen LogP contribution in [0.5, 0.6) is 0 Å². The number of carbonyl (C=O) groups is 2. The van der Waals surface area contributed by atoms with Crippen molar-refractivity contribution >= 4 is 34.7 Å². The van der Waals surface area contributed by atoms with Gasteiger partial charge in [-0.05, 0) is 122 Å². The van der Waals surface area contributed by atoms with Crippen molar-refractivity contribution in [3.63, 3.8) is 0 Å². The van der Waals surface area contributed by atoms with E-state index in [9.17, 15) is 9.59 Å². The number of methoxy groups -OCH3 is 2. The van der Waals surface area contributed by atoms with Crippen molar-refractivity contribution in [3.05, 3.63) is 46.5 Å². The van der Waals surface area contributed by atoms with Gasteiger partial charge in [-0.1, -0.05) is 49.0 Å². The summed E-state index contributed by atoms with van der Waals surface area (Å²) in [6.45, 7) is 18.0. The number of anilines is 4. The van der Waals surface area contributed by atoms with Crippen molar-refractivity contribution < 1.29 is 19.1 Å². The van der Waals surface area contributed by atoms with Gasteiger partial charge in [0.25, 0.3) is 0 Å². The molecule has 47 heavy (non-hydrogen) atoms. The second-order valence-corrected chi connectivity index (χ2v) is 15.7. The smallest absolute Gasteiger partial charge is 0.309 e. The minimum Gasteiger partial charge on any atom is -0.469 e. The first kappa shape index (κ1) is 39.8. The Balaban J connectivity index is 0.000000320. The van der Waals surface area contributed by atoms with Crippen molar-refractivity contribution in [2.24, 2.45) is 22.7 Å². The van der Waals surface area contributed by atoms with Crippen molar-refractivity contribution in [1.29, 1.82) is 0 Å². The summed E-state index contributed by atoms with van der Waals surface area (Å²) in [6.07, 6.45) is 7.73. The number of esters is 2. The van der Waals surface area contributed by atoms with Gasteiger partial charge in [-0.25, -0.2) is 0 Å². The molecule has 0 saturated heterocycles. The van der Waals surface area contributed by atoms with Gasteiger partial charge in [0.1, 0.15) is 0 Å². The topological polar surface area (TPSA) is 129 Å². The number of ether oxygens (including phenoxy) is 2. The molecule has 6 N–H and O–H groups in total. The quantitative estimate of drug-likeness (QED) is 0.165. The van der Waals surface area contributed by atoms with Gasteiger partial charge in [0, 0.05) is 12.1 Å². The van der Waals surface area contributed by atoms with Crippen LogP contribution in [0.15, 0.2) is 24.3 Å². The maximum absolute atomic E-state index is 11.5. The Hall–Kier alpha value is -3.42. The standard InChI is InChI=1S/2C19H30N2O2.CH4/c2*1-12-6-15(11-19(3,4)10-12)21-17-7-13(2)14(8-16(17)20)9-18(22)23-5;/h2*7-8,12,15,21H,6,9-11,20H2,1-5H3;1H4/t2*12-,15+;/m10./s1. The first-order valence-electron chi connectivity index (χ1n) is 16.8. The number of nitrogen functional groups attached to an aromatic ring is 2. The molecule has 0 heterocycles. The fraction of sp³-hybridized carbons (Fsp3) is 0.641. The van der Waals surface area contributed by atoms with Crippen LogP contribution < -0.4 is 22.1 Å². The molecule has 0 aliphatic heterocycles. The van der Waals surface area contributed by atoms with Gasteiger partial charge >= 0.3 is 11.9 Å². The Labute approximate surface area is 285 Å². The molecular weight excluding hydrogens is 588 g/mol. The number of hydrogen-bond acceptors (Lipinski definition) is 8. The van der Waals surface area contributed by atoms with Crippen LogP contribution in [0.25, 0.3) is 0 Å². The molecule has 8 heteroatoms. The minimum atomic E-state index is -0.240. The SMILES string of the molecule is C.COC(=O)Cc1cc(N)c(N[C@@H]2C[C@H](C)CC(C)(C)C2)cc1C.COC(=O)Cc1cc(N)c(N[C@H]2C[C@@H](C)CC(C)(C)C2)cc1C. The van der Waals surface area contributed by atoms with Crippen molar-refractivity contribution in [2.45, 2.75) is 126 Å². The number of benzene rings is 2. The molecular formula is C39H64N4O4. The van der Waals surface area contributed by atoms with Crippen LogP contribution in [-0.4, -0.2) is 38.2 Å². The zero-order chi connectivity index (χ0) is 34.4. The van der Waals surface area contributed by atoms with Gasteiger partial charge in [0.15, 0.2) is 0 Å². The third-order valence-electron chi connectivity index (χ3n) is 9.63. The van der Waals surface area contributed by atoms with E-state index in [0.29, 0.717) is 34.3 Å². The second-order valence-electron chi connectivity index (χ2n) is 15.7. The maximum atomic E-state index is 11.5. The number of aryl methyl sites for hydroxylation is 2. The van der Waals surface area contributed by atoms with Crippen molar-refractivity contribution in [2.75, 3.05) is 36.3 Å². The van der Waals surface area contributed by atoms with E-state index in [2.05, 4.69) is 64.3 Å². The van der Waals surface area contributed by atoms with Crippen LogP contribution >= 0.6 is 0 Å². The summed E-state index contributed by atoms with van der Waals surface area (Å²) in [5, 5.41) is 7.26. The van der Waals surface area contributed by atoms with Gasteiger partial charge < -0.3 is 31.6 Å². The molecule has 8 nitrogen and oxygen atoms in total. The molecule has 2 fully saturated rings. The molecule has 0 spiro atoms. The molecule has 4 atom stereocenters. The molecule has 2 aromatic rings. The summed E-state index contributed by atoms with van der Waals surface area (Å²) >= 11 is 0. The second kappa shape index (κ2) is 16.6. The zero-order valence-electron chi connectivity index (χ0n) is 30.1. The van der Waals surface area contributed by atoms with E-state index >= 15 is 0 Å². The molecule has 264 valence electrons. The van der Waals surface area contributed by atoms with Crippen LogP contribution in [0, 0.1) is 36.5 Å². The van der Waals surface area contributed by atoms with Gasteiger partial charge in [0.05, 0.1) is 49.8 Å². The summed E-state index contributed by atoms with van der Waals surface area (Å²) in [6, 6.07) is 8.79. The lowest BCUT2D eigenvalue weighted by atomic mass is 9.70. The van der Waals surface area contributed by atoms with Crippen molar-refractivity contribution in [1.82, 2.24) is 0 Å². The third-order valence-corrected chi connectivity index (χ3v) is 9.63. The molecule has 0 amide bonds. The van der Waals surface area contributed by atoms with Crippen LogP contribution in [0.1, 0.15) is 110 Å². The first-order valence-corrected chi connectivity index (χ1v) is 16.8. The molecule has 2 aliphatic rings. The normalized spacial score (nSPS) is 22.9. The number of carbonyl (C=O) groups excluding carboxylic acids is 2. The van der Waals surface area contributed by atoms with E-state index in [1.807, 2.05) is 26.0 Å². The molecule has 2 saturated carbocycles. The Bertz CT molecular complexity index is 1270. The fourth-order valence-corrected chi connectivity index (χ4v) is 7.98. The van der Waals surface area contributed by atoms with Crippen LogP contribution in [0.3, 0.4) is 0 Å². The van der Waals surface area contributed by atoms with Crippen LogP contribution in [0.2, 0.25) is 0 Å². The highest BCUT2D eigenvalue weighted by Gasteiger charge is 2.33. The number of hydrogen-bond donors (Lipinski definition) is 4. The lowest BCUT2D eigenvalue weighted by Crippen LogP contribution is -2.35. The summed E-state index contributed by atoms with van der Waals surface area (Å²) < 4.78 is 9.48. The summed E-state index contributed by atoms with van der Waals surface area (Å²) in [4.78, 5) is 23.0. The number of rotatable bonds is 8. The van der Waals surface area contributed by atoms with Gasteiger partial charge in [0.2, 0.25) is 0 Å². The highest BCUT2D eigenvalue weighted by Crippen LogP contribution is 2.41. The number of nitrogens with two attached hydrogens (primary N) is 2. The summed E-state index contributed by atoms with van der Waals surface area (Å²) in [5.41, 5.74) is 20.5. The Morgan fingerprint density at radius 3 is 1.34 bits per heavy atom. The van der Waals surface area contributed by atoms with E-state index in [-0.39, 0.29) is 32.2 Å². The first-order chi connectivity index (χ1) is 21.4. The largest absolute Gasteiger partial charge is 0.469 e. The summed E-state index contributed by atoms with van der Waals surface area (Å²) in [5.74, 6) is 0.960. The molecule has 2 aliphatic carbocycles.